The van der Waals surface area contributed by atoms with Gasteiger partial charge in [-0.05, 0) is 48.7 Å². The molecule has 4 nitrogen and oxygen atoms in total. The Labute approximate surface area is 194 Å². The summed E-state index contributed by atoms with van der Waals surface area (Å²) in [6.45, 7) is 0. The fourth-order valence-corrected chi connectivity index (χ4v) is 4.50. The normalized spacial score (nSPS) is 17.7. The van der Waals surface area contributed by atoms with Crippen molar-refractivity contribution >= 4 is 22.9 Å². The monoisotopic (exact) mass is 462 g/mol. The first-order valence-electron chi connectivity index (χ1n) is 11.0. The average Bonchev–Trinajstić information content (AvgIpc) is 3.00. The Morgan fingerprint density at radius 3 is 2.29 bits per heavy atom. The molecule has 0 aromatic heterocycles. The van der Waals surface area contributed by atoms with E-state index in [-0.39, 0.29) is 11.6 Å². The first-order valence-corrected chi connectivity index (χ1v) is 11.0. The molecule has 7 heteroatoms. The third kappa shape index (κ3) is 4.09. The molecule has 0 bridgehead atoms. The van der Waals surface area contributed by atoms with Crippen LogP contribution < -0.4 is 10.6 Å². The van der Waals surface area contributed by atoms with Gasteiger partial charge in [0.2, 0.25) is 0 Å². The summed E-state index contributed by atoms with van der Waals surface area (Å²) in [5, 5.41) is 6.67. The van der Waals surface area contributed by atoms with Crippen molar-refractivity contribution in [2.45, 2.75) is 31.5 Å². The number of Topliss-reactive ketones (excluding diaryl/α,β-unsaturated/α-hetero) is 1. The molecular formula is C27H21F3N2O2. The van der Waals surface area contributed by atoms with Crippen LogP contribution in [0.5, 0.6) is 0 Å². The van der Waals surface area contributed by atoms with Crippen LogP contribution in [0.1, 0.15) is 52.4 Å². The molecular weight excluding hydrogens is 441 g/mol. The Morgan fingerprint density at radius 2 is 1.59 bits per heavy atom. The number of benzene rings is 3. The largest absolute Gasteiger partial charge is 0.416 e. The highest BCUT2D eigenvalue weighted by Gasteiger charge is 2.34. The van der Waals surface area contributed by atoms with E-state index in [0.717, 1.165) is 17.8 Å². The number of alkyl halides is 3. The first kappa shape index (κ1) is 21.9. The molecule has 1 aliphatic heterocycles. The number of halogens is 3. The van der Waals surface area contributed by atoms with Crippen molar-refractivity contribution in [1.82, 2.24) is 0 Å². The van der Waals surface area contributed by atoms with Gasteiger partial charge < -0.3 is 10.6 Å². The van der Waals surface area contributed by atoms with Crippen molar-refractivity contribution in [2.75, 3.05) is 10.6 Å². The van der Waals surface area contributed by atoms with Crippen molar-refractivity contribution in [3.8, 4) is 0 Å². The third-order valence-electron chi connectivity index (χ3n) is 6.22. The summed E-state index contributed by atoms with van der Waals surface area (Å²) in [6.07, 6.45) is -2.73. The Balaban J connectivity index is 1.55. The lowest BCUT2D eigenvalue weighted by atomic mass is 9.86. The summed E-state index contributed by atoms with van der Waals surface area (Å²) in [4.78, 5) is 25.9. The standard InChI is InChI=1S/C27H21F3N2O2/c28-27(29,30)19-12-9-16(10-13-19)25-24-21(7-4-8-23(24)33)31-22-15-18(11-14-20(22)32-25)26(34)17-5-2-1-3-6-17/h1-3,5-6,9-15,25,31-32H,4,7-8H2/t25-/m1/s1. The van der Waals surface area contributed by atoms with Crippen molar-refractivity contribution in [3.05, 3.63) is 106 Å². The Hall–Kier alpha value is -3.87. The van der Waals surface area contributed by atoms with Crippen LogP contribution in [0, 0.1) is 0 Å². The molecule has 2 N–H and O–H groups in total. The molecule has 1 aliphatic carbocycles. The van der Waals surface area contributed by atoms with Gasteiger partial charge in [0.1, 0.15) is 0 Å². The SMILES string of the molecule is O=C1CCCC2=C1[C@@H](c1ccc(C(F)(F)F)cc1)Nc1ccc(C(=O)c3ccccc3)cc1N2. The molecule has 3 aromatic rings. The summed E-state index contributed by atoms with van der Waals surface area (Å²) in [5.74, 6) is -0.165. The molecule has 0 unspecified atom stereocenters. The van der Waals surface area contributed by atoms with E-state index < -0.39 is 17.8 Å². The minimum Gasteiger partial charge on any atom is -0.372 e. The van der Waals surface area contributed by atoms with Gasteiger partial charge >= 0.3 is 6.18 Å². The number of fused-ring (bicyclic) bond motifs is 1. The third-order valence-corrected chi connectivity index (χ3v) is 6.22. The van der Waals surface area contributed by atoms with Gasteiger partial charge in [-0.3, -0.25) is 9.59 Å². The molecule has 172 valence electrons. The maximum Gasteiger partial charge on any atom is 0.416 e. The van der Waals surface area contributed by atoms with Gasteiger partial charge in [0.15, 0.2) is 11.6 Å². The molecule has 2 aliphatic rings. The van der Waals surface area contributed by atoms with E-state index in [4.69, 9.17) is 0 Å². The fourth-order valence-electron chi connectivity index (χ4n) is 4.50. The Bertz CT molecular complexity index is 1300. The van der Waals surface area contributed by atoms with Gasteiger partial charge in [-0.25, -0.2) is 0 Å². The van der Waals surface area contributed by atoms with Crippen LogP contribution in [0.15, 0.2) is 84.1 Å². The lowest BCUT2D eigenvalue weighted by Gasteiger charge is -2.25. The lowest BCUT2D eigenvalue weighted by molar-refractivity contribution is -0.137. The van der Waals surface area contributed by atoms with Crippen LogP contribution in [-0.4, -0.2) is 11.6 Å². The topological polar surface area (TPSA) is 58.2 Å². The molecule has 0 amide bonds. The number of carbonyl (C=O) groups is 2. The maximum absolute atomic E-state index is 13.1. The summed E-state index contributed by atoms with van der Waals surface area (Å²) in [5.41, 5.74) is 3.47. The van der Waals surface area contributed by atoms with E-state index in [1.165, 1.54) is 12.1 Å². The fraction of sp³-hybridized carbons (Fsp3) is 0.185. The number of hydrogen-bond acceptors (Lipinski definition) is 4. The Kier molecular flexibility index (Phi) is 5.48. The van der Waals surface area contributed by atoms with Gasteiger partial charge in [0.25, 0.3) is 0 Å². The van der Waals surface area contributed by atoms with Crippen molar-refractivity contribution < 1.29 is 22.8 Å². The predicted molar refractivity (Wildman–Crippen MR) is 124 cm³/mol. The predicted octanol–water partition coefficient (Wildman–Crippen LogP) is 6.52. The zero-order valence-electron chi connectivity index (χ0n) is 18.1. The highest BCUT2D eigenvalue weighted by Crippen LogP contribution is 2.41. The highest BCUT2D eigenvalue weighted by atomic mass is 19.4. The van der Waals surface area contributed by atoms with Crippen LogP contribution in [0.25, 0.3) is 0 Å². The molecule has 34 heavy (non-hydrogen) atoms. The minimum absolute atomic E-state index is 0.0421. The van der Waals surface area contributed by atoms with E-state index in [9.17, 15) is 22.8 Å². The molecule has 0 saturated heterocycles. The van der Waals surface area contributed by atoms with Gasteiger partial charge in [-0.1, -0.05) is 42.5 Å². The summed E-state index contributed by atoms with van der Waals surface area (Å²) >= 11 is 0. The molecule has 0 radical (unpaired) electrons. The average molecular weight is 462 g/mol. The molecule has 0 fully saturated rings. The second-order valence-corrected chi connectivity index (χ2v) is 8.45. The second-order valence-electron chi connectivity index (χ2n) is 8.45. The number of rotatable bonds is 3. The number of ketones is 2. The zero-order valence-corrected chi connectivity index (χ0v) is 18.1. The quantitative estimate of drug-likeness (QED) is 0.435. The number of carbonyl (C=O) groups excluding carboxylic acids is 2. The minimum atomic E-state index is -4.43. The lowest BCUT2D eigenvalue weighted by Crippen LogP contribution is -2.23. The number of nitrogens with one attached hydrogen (secondary N) is 2. The summed E-state index contributed by atoms with van der Waals surface area (Å²) in [6, 6.07) is 18.4. The van der Waals surface area contributed by atoms with Crippen LogP contribution in [0.4, 0.5) is 24.5 Å². The second kappa shape index (κ2) is 8.48. The molecule has 0 saturated carbocycles. The van der Waals surface area contributed by atoms with Crippen molar-refractivity contribution in [3.63, 3.8) is 0 Å². The molecule has 1 atom stereocenters. The number of hydrogen-bond donors (Lipinski definition) is 2. The summed E-state index contributed by atoms with van der Waals surface area (Å²) < 4.78 is 39.2. The van der Waals surface area contributed by atoms with Crippen LogP contribution in [-0.2, 0) is 11.0 Å². The molecule has 0 spiro atoms. The van der Waals surface area contributed by atoms with Gasteiger partial charge in [-0.15, -0.1) is 0 Å². The zero-order chi connectivity index (χ0) is 23.9. The Morgan fingerprint density at radius 1 is 0.853 bits per heavy atom. The van der Waals surface area contributed by atoms with E-state index in [0.29, 0.717) is 52.9 Å². The van der Waals surface area contributed by atoms with E-state index in [1.807, 2.05) is 6.07 Å². The van der Waals surface area contributed by atoms with Gasteiger partial charge in [-0.2, -0.15) is 13.2 Å². The summed E-state index contributed by atoms with van der Waals surface area (Å²) in [7, 11) is 0. The van der Waals surface area contributed by atoms with E-state index in [1.54, 1.807) is 42.5 Å². The van der Waals surface area contributed by atoms with Gasteiger partial charge in [0.05, 0.1) is 23.0 Å². The van der Waals surface area contributed by atoms with Crippen LogP contribution in [0.3, 0.4) is 0 Å². The first-order chi connectivity index (χ1) is 16.3. The van der Waals surface area contributed by atoms with Crippen molar-refractivity contribution in [2.24, 2.45) is 0 Å². The number of anilines is 2. The smallest absolute Gasteiger partial charge is 0.372 e. The van der Waals surface area contributed by atoms with Gasteiger partial charge in [0, 0.05) is 28.8 Å². The van der Waals surface area contributed by atoms with Crippen molar-refractivity contribution in [1.29, 1.82) is 0 Å². The molecule has 1 heterocycles. The highest BCUT2D eigenvalue weighted by molar-refractivity contribution is 6.10. The van der Waals surface area contributed by atoms with Crippen LogP contribution in [0.2, 0.25) is 0 Å². The molecule has 3 aromatic carbocycles. The number of allylic oxidation sites excluding steroid dienone is 1. The molecule has 5 rings (SSSR count). The van der Waals surface area contributed by atoms with E-state index in [2.05, 4.69) is 10.6 Å². The van der Waals surface area contributed by atoms with E-state index >= 15 is 0 Å². The maximum atomic E-state index is 13.1. The van der Waals surface area contributed by atoms with Crippen LogP contribution >= 0.6 is 0 Å².